The molecule has 3 aromatic carbocycles. The van der Waals surface area contributed by atoms with E-state index in [9.17, 15) is 4.79 Å². The molecule has 5 rings (SSSR count). The lowest BCUT2D eigenvalue weighted by molar-refractivity contribution is -0.693. The van der Waals surface area contributed by atoms with Gasteiger partial charge in [-0.15, -0.1) is 0 Å². The van der Waals surface area contributed by atoms with Gasteiger partial charge < -0.3 is 16.0 Å². The molecule has 0 fully saturated rings. The predicted molar refractivity (Wildman–Crippen MR) is 150 cm³/mol. The fourth-order valence-electron chi connectivity index (χ4n) is 4.29. The number of anilines is 5. The van der Waals surface area contributed by atoms with Gasteiger partial charge in [-0.05, 0) is 68.4 Å². The van der Waals surface area contributed by atoms with Gasteiger partial charge in [-0.1, -0.05) is 12.1 Å². The van der Waals surface area contributed by atoms with E-state index in [-0.39, 0.29) is 5.91 Å². The van der Waals surface area contributed by atoms with E-state index in [2.05, 4.69) is 69.4 Å². The first-order valence-corrected chi connectivity index (χ1v) is 12.6. The zero-order chi connectivity index (χ0) is 25.6. The minimum atomic E-state index is -0.145. The summed E-state index contributed by atoms with van der Waals surface area (Å²) >= 11 is 0. The molecule has 37 heavy (non-hydrogen) atoms. The number of nitrogens with zero attached hydrogens (tertiary/aromatic N) is 2. The maximum Gasteiger partial charge on any atom is 0.255 e. The van der Waals surface area contributed by atoms with E-state index in [4.69, 9.17) is 0 Å². The first-order chi connectivity index (χ1) is 18.1. The Balaban J connectivity index is 1.22. The fraction of sp³-hybridized carbons (Fsp3) is 0.129. The number of carbonyl (C=O) groups is 1. The number of hydrogen-bond donors (Lipinski definition) is 3. The third-order valence-corrected chi connectivity index (χ3v) is 6.38. The average molecular weight is 490 g/mol. The van der Waals surface area contributed by atoms with Gasteiger partial charge in [-0.25, -0.2) is 4.57 Å². The monoisotopic (exact) mass is 489 g/mol. The number of benzene rings is 3. The van der Waals surface area contributed by atoms with Gasteiger partial charge in [-0.3, -0.25) is 4.79 Å². The number of fused-ring (bicyclic) bond motifs is 1. The summed E-state index contributed by atoms with van der Waals surface area (Å²) < 4.78 is 4.33. The Bertz CT molecular complexity index is 1510. The Morgan fingerprint density at radius 2 is 1.27 bits per heavy atom. The van der Waals surface area contributed by atoms with Crippen molar-refractivity contribution in [1.82, 2.24) is 0 Å². The van der Waals surface area contributed by atoms with E-state index >= 15 is 0 Å². The zero-order valence-corrected chi connectivity index (χ0v) is 21.1. The molecule has 0 aliphatic heterocycles. The van der Waals surface area contributed by atoms with Crippen LogP contribution in [0.15, 0.2) is 110 Å². The van der Waals surface area contributed by atoms with Gasteiger partial charge in [0.05, 0.1) is 16.8 Å². The van der Waals surface area contributed by atoms with Crippen LogP contribution in [-0.4, -0.2) is 5.91 Å². The highest BCUT2D eigenvalue weighted by molar-refractivity contribution is 6.04. The molecular formula is C31H31N5O+2. The van der Waals surface area contributed by atoms with Crippen molar-refractivity contribution in [2.45, 2.75) is 26.9 Å². The van der Waals surface area contributed by atoms with Gasteiger partial charge in [0.1, 0.15) is 13.1 Å². The molecule has 0 unspecified atom stereocenters. The molecule has 3 N–H and O–H groups in total. The summed E-state index contributed by atoms with van der Waals surface area (Å²) in [5.41, 5.74) is 6.46. The van der Waals surface area contributed by atoms with Gasteiger partial charge in [0.25, 0.3) is 5.91 Å². The Morgan fingerprint density at radius 1 is 0.649 bits per heavy atom. The number of nitrogens with one attached hydrogen (secondary N) is 3. The molecule has 0 atom stereocenters. The molecule has 6 nitrogen and oxygen atoms in total. The Morgan fingerprint density at radius 3 is 1.97 bits per heavy atom. The predicted octanol–water partition coefficient (Wildman–Crippen LogP) is 6.19. The molecule has 6 heteroatoms. The van der Waals surface area contributed by atoms with Crippen molar-refractivity contribution >= 4 is 45.2 Å². The third-order valence-electron chi connectivity index (χ3n) is 6.38. The van der Waals surface area contributed by atoms with Crippen molar-refractivity contribution in [1.29, 1.82) is 0 Å². The van der Waals surface area contributed by atoms with Crippen molar-refractivity contribution in [3.63, 3.8) is 0 Å². The standard InChI is InChI=1S/C31H29N5O/c1-3-35-20-17-27(18-21-35)32-24-13-15-26(16-14-24)34-31(37)23-9-11-25(12-10-23)33-29-19-22-36(4-2)30-8-6-5-7-28(29)30/h5-22H,3-4H2,1-2H3,(H,34,37)/p+2. The summed E-state index contributed by atoms with van der Waals surface area (Å²) in [5, 5.41) is 11.0. The first kappa shape index (κ1) is 24.0. The molecule has 5 aromatic rings. The van der Waals surface area contributed by atoms with Gasteiger partial charge in [0.15, 0.2) is 18.6 Å². The fourth-order valence-corrected chi connectivity index (χ4v) is 4.29. The Kier molecular flexibility index (Phi) is 7.08. The van der Waals surface area contributed by atoms with E-state index in [1.165, 1.54) is 5.52 Å². The number of aryl methyl sites for hydroxylation is 2. The van der Waals surface area contributed by atoms with Crippen molar-refractivity contribution < 1.29 is 13.9 Å². The number of pyridine rings is 2. The van der Waals surface area contributed by atoms with Crippen molar-refractivity contribution in [3.8, 4) is 0 Å². The molecule has 1 amide bonds. The van der Waals surface area contributed by atoms with Crippen LogP contribution < -0.4 is 25.1 Å². The Hall–Kier alpha value is -4.71. The van der Waals surface area contributed by atoms with Gasteiger partial charge in [-0.2, -0.15) is 4.57 Å². The molecule has 0 saturated heterocycles. The van der Waals surface area contributed by atoms with Crippen LogP contribution in [0.5, 0.6) is 0 Å². The quantitative estimate of drug-likeness (QED) is 0.228. The van der Waals surface area contributed by atoms with Crippen LogP contribution in [0.4, 0.5) is 28.4 Å². The van der Waals surface area contributed by atoms with Crippen LogP contribution in [0.1, 0.15) is 24.2 Å². The molecule has 0 bridgehead atoms. The van der Waals surface area contributed by atoms with Crippen LogP contribution in [0, 0.1) is 0 Å². The summed E-state index contributed by atoms with van der Waals surface area (Å²) in [6.07, 6.45) is 6.18. The maximum atomic E-state index is 12.8. The second-order valence-electron chi connectivity index (χ2n) is 8.81. The number of carbonyl (C=O) groups excluding carboxylic acids is 1. The highest BCUT2D eigenvalue weighted by Crippen LogP contribution is 2.25. The summed E-state index contributed by atoms with van der Waals surface area (Å²) in [4.78, 5) is 12.8. The molecule has 0 aliphatic carbocycles. The SMILES string of the molecule is CC[n+]1ccc(Nc2ccc(NC(=O)c3ccc(Nc4cc[n+](CC)c5ccccc45)cc3)cc2)cc1. The van der Waals surface area contributed by atoms with E-state index in [1.807, 2.05) is 79.1 Å². The summed E-state index contributed by atoms with van der Waals surface area (Å²) in [6, 6.07) is 29.8. The lowest BCUT2D eigenvalue weighted by Crippen LogP contribution is -2.32. The first-order valence-electron chi connectivity index (χ1n) is 12.6. The van der Waals surface area contributed by atoms with Crippen LogP contribution in [-0.2, 0) is 13.1 Å². The molecule has 184 valence electrons. The number of aromatic nitrogens is 2. The lowest BCUT2D eigenvalue weighted by Gasteiger charge is -2.11. The number of para-hydroxylation sites is 1. The van der Waals surface area contributed by atoms with E-state index in [0.29, 0.717) is 5.56 Å². The molecule has 0 radical (unpaired) electrons. The molecule has 0 spiro atoms. The molecule has 0 saturated carbocycles. The normalized spacial score (nSPS) is 10.8. The third kappa shape index (κ3) is 5.59. The van der Waals surface area contributed by atoms with Crippen LogP contribution in [0.3, 0.4) is 0 Å². The van der Waals surface area contributed by atoms with Gasteiger partial charge in [0, 0.05) is 46.9 Å². The molecule has 0 aliphatic rings. The minimum Gasteiger partial charge on any atom is -0.355 e. The highest BCUT2D eigenvalue weighted by Gasteiger charge is 2.12. The van der Waals surface area contributed by atoms with E-state index in [0.717, 1.165) is 46.9 Å². The largest absolute Gasteiger partial charge is 0.355 e. The maximum absolute atomic E-state index is 12.8. The van der Waals surface area contributed by atoms with Crippen LogP contribution >= 0.6 is 0 Å². The second kappa shape index (κ2) is 10.9. The zero-order valence-electron chi connectivity index (χ0n) is 21.1. The van der Waals surface area contributed by atoms with E-state index in [1.54, 1.807) is 0 Å². The number of hydrogen-bond acceptors (Lipinski definition) is 3. The second-order valence-corrected chi connectivity index (χ2v) is 8.81. The minimum absolute atomic E-state index is 0.145. The summed E-state index contributed by atoms with van der Waals surface area (Å²) in [6.45, 7) is 6.10. The molecular weight excluding hydrogens is 458 g/mol. The molecule has 2 aromatic heterocycles. The summed E-state index contributed by atoms with van der Waals surface area (Å²) in [5.74, 6) is -0.145. The summed E-state index contributed by atoms with van der Waals surface area (Å²) in [7, 11) is 0. The van der Waals surface area contributed by atoms with Gasteiger partial charge in [0.2, 0.25) is 5.52 Å². The molecule has 2 heterocycles. The van der Waals surface area contributed by atoms with Crippen LogP contribution in [0.2, 0.25) is 0 Å². The van der Waals surface area contributed by atoms with Crippen molar-refractivity contribution in [3.05, 3.63) is 115 Å². The number of amides is 1. The van der Waals surface area contributed by atoms with Gasteiger partial charge >= 0.3 is 0 Å². The van der Waals surface area contributed by atoms with Crippen molar-refractivity contribution in [2.24, 2.45) is 0 Å². The topological polar surface area (TPSA) is 60.9 Å². The van der Waals surface area contributed by atoms with Crippen LogP contribution in [0.25, 0.3) is 10.9 Å². The Labute approximate surface area is 217 Å². The highest BCUT2D eigenvalue weighted by atomic mass is 16.1. The average Bonchev–Trinajstić information content (AvgIpc) is 2.95. The number of rotatable bonds is 8. The lowest BCUT2D eigenvalue weighted by atomic mass is 10.1. The van der Waals surface area contributed by atoms with E-state index < -0.39 is 0 Å². The smallest absolute Gasteiger partial charge is 0.255 e. The van der Waals surface area contributed by atoms with Crippen molar-refractivity contribution in [2.75, 3.05) is 16.0 Å².